The normalized spacial score (nSPS) is 13.8. The molecule has 0 unspecified atom stereocenters. The Bertz CT molecular complexity index is 628. The Morgan fingerprint density at radius 2 is 1.95 bits per heavy atom. The second-order valence-electron chi connectivity index (χ2n) is 4.17. The number of hydrogen-bond donors (Lipinski definition) is 0. The van der Waals surface area contributed by atoms with Gasteiger partial charge < -0.3 is 13.7 Å². The van der Waals surface area contributed by atoms with Crippen LogP contribution in [0, 0.1) is 0 Å². The van der Waals surface area contributed by atoms with Gasteiger partial charge in [-0.3, -0.25) is 0 Å². The lowest BCUT2D eigenvalue weighted by atomic mass is 10.2. The van der Waals surface area contributed by atoms with E-state index in [0.29, 0.717) is 12.5 Å². The lowest BCUT2D eigenvalue weighted by molar-refractivity contribution is -0.680. The first kappa shape index (κ1) is 12.7. The Balaban J connectivity index is 2.01. The molecule has 0 N–H and O–H groups in total. The average molecular weight is 284 g/mol. The molecule has 1 aliphatic heterocycles. The van der Waals surface area contributed by atoms with Crippen molar-refractivity contribution >= 4 is 21.6 Å². The van der Waals surface area contributed by atoms with Crippen LogP contribution in [0.2, 0.25) is 0 Å². The minimum absolute atomic E-state index is 0.0339. The van der Waals surface area contributed by atoms with Gasteiger partial charge in [-0.05, 0) is 25.1 Å². The highest BCUT2D eigenvalue weighted by Gasteiger charge is 2.24. The third-order valence-corrected chi connectivity index (χ3v) is 3.37. The van der Waals surface area contributed by atoms with Gasteiger partial charge in [-0.15, -0.1) is 0 Å². The van der Waals surface area contributed by atoms with Gasteiger partial charge in [0.2, 0.25) is 0 Å². The van der Waals surface area contributed by atoms with E-state index < -0.39 is 0 Å². The van der Waals surface area contributed by atoms with E-state index in [0.717, 1.165) is 17.0 Å². The molecule has 0 spiro atoms. The van der Waals surface area contributed by atoms with Gasteiger partial charge in [0.25, 0.3) is 5.69 Å². The summed E-state index contributed by atoms with van der Waals surface area (Å²) in [7, 11) is -0.0339. The number of nitrogens with zero attached hydrogens (tertiary/aromatic N) is 1. The van der Waals surface area contributed by atoms with Crippen LogP contribution in [-0.2, 0) is 8.95 Å². The highest BCUT2D eigenvalue weighted by Crippen LogP contribution is 2.20. The summed E-state index contributed by atoms with van der Waals surface area (Å²) in [5.74, 6) is 1.51. The smallest absolute Gasteiger partial charge is 0.376 e. The van der Waals surface area contributed by atoms with Gasteiger partial charge in [-0.25, -0.2) is 0 Å². The lowest BCUT2D eigenvalue weighted by Crippen LogP contribution is -2.11. The molecule has 0 saturated heterocycles. The van der Waals surface area contributed by atoms with Crippen LogP contribution >= 0.6 is 0 Å². The zero-order chi connectivity index (χ0) is 13.8. The first-order valence-corrected chi connectivity index (χ1v) is 7.24. The molecule has 0 bridgehead atoms. The third kappa shape index (κ3) is 2.53. The molecule has 0 amide bonds. The fraction of sp³-hybridized carbons (Fsp3) is 0.133. The summed E-state index contributed by atoms with van der Waals surface area (Å²) in [6.07, 6.45) is 0. The summed E-state index contributed by atoms with van der Waals surface area (Å²) < 4.78 is 18.4. The largest absolute Gasteiger partial charge is 0.638 e. The maximum absolute atomic E-state index is 5.63. The third-order valence-electron chi connectivity index (χ3n) is 2.83. The van der Waals surface area contributed by atoms with Gasteiger partial charge in [0, 0.05) is 16.9 Å². The number of ether oxygens (including phenoxy) is 1. The standard InChI is InChI=1S/C15H14NO3Si/c1-2-17-14-10-6-7-12(11-14)15-16(19-20-18-15)13-8-4-3-5-9-13/h3-11H,2H2,1H3. The minimum Gasteiger partial charge on any atom is -0.638 e. The molecule has 3 rings (SSSR count). The molecule has 1 radical (unpaired) electrons. The number of para-hydroxylation sites is 1. The molecule has 0 atom stereocenters. The Hall–Kier alpha value is -2.27. The molecule has 0 fully saturated rings. The van der Waals surface area contributed by atoms with E-state index in [1.807, 2.05) is 61.5 Å². The van der Waals surface area contributed by atoms with Crippen molar-refractivity contribution in [2.24, 2.45) is 0 Å². The second-order valence-corrected chi connectivity index (χ2v) is 4.73. The second kappa shape index (κ2) is 5.79. The van der Waals surface area contributed by atoms with Crippen LogP contribution in [0.15, 0.2) is 54.6 Å². The van der Waals surface area contributed by atoms with Crippen molar-refractivity contribution in [3.05, 3.63) is 60.2 Å². The Morgan fingerprint density at radius 1 is 1.10 bits per heavy atom. The van der Waals surface area contributed by atoms with Crippen LogP contribution in [0.1, 0.15) is 12.5 Å². The maximum atomic E-state index is 5.63. The van der Waals surface area contributed by atoms with Gasteiger partial charge >= 0.3 is 5.90 Å². The van der Waals surface area contributed by atoms with Crippen molar-refractivity contribution in [2.75, 3.05) is 6.61 Å². The summed E-state index contributed by atoms with van der Waals surface area (Å²) in [5.41, 5.74) is 1.87. The van der Waals surface area contributed by atoms with E-state index >= 15 is 0 Å². The summed E-state index contributed by atoms with van der Waals surface area (Å²) >= 11 is 0. The number of hydrogen-bond acceptors (Lipinski definition) is 3. The van der Waals surface area contributed by atoms with Gasteiger partial charge in [0.15, 0.2) is 10.0 Å². The zero-order valence-corrected chi connectivity index (χ0v) is 12.1. The molecule has 1 aliphatic rings. The van der Waals surface area contributed by atoms with Crippen molar-refractivity contribution in [3.63, 3.8) is 0 Å². The first-order valence-electron chi connectivity index (χ1n) is 6.42. The molecular formula is C15H14NO3Si. The molecule has 2 aromatic rings. The Kier molecular flexibility index (Phi) is 3.69. The van der Waals surface area contributed by atoms with Gasteiger partial charge in [-0.2, -0.15) is 0 Å². The van der Waals surface area contributed by atoms with Gasteiger partial charge in [0.1, 0.15) is 5.75 Å². The maximum Gasteiger partial charge on any atom is 0.376 e. The van der Waals surface area contributed by atoms with Gasteiger partial charge in [0.05, 0.1) is 12.2 Å². The Morgan fingerprint density at radius 3 is 2.75 bits per heavy atom. The van der Waals surface area contributed by atoms with Crippen molar-refractivity contribution in [2.45, 2.75) is 6.92 Å². The monoisotopic (exact) mass is 284 g/mol. The van der Waals surface area contributed by atoms with Crippen molar-refractivity contribution < 1.29 is 18.4 Å². The summed E-state index contributed by atoms with van der Waals surface area (Å²) in [6, 6.07) is 17.7. The van der Waals surface area contributed by atoms with E-state index in [2.05, 4.69) is 0 Å². The fourth-order valence-corrected chi connectivity index (χ4v) is 2.55. The van der Waals surface area contributed by atoms with Gasteiger partial charge in [-0.1, -0.05) is 24.3 Å². The lowest BCUT2D eigenvalue weighted by Gasteiger charge is -2.05. The predicted octanol–water partition coefficient (Wildman–Crippen LogP) is 2.67. The molecule has 5 heteroatoms. The van der Waals surface area contributed by atoms with E-state index in [9.17, 15) is 0 Å². The summed E-state index contributed by atoms with van der Waals surface area (Å²) in [5, 5.41) is 0. The highest BCUT2D eigenvalue weighted by molar-refractivity contribution is 6.25. The molecule has 101 valence electrons. The SMILES string of the molecule is CCOc1cccc(C2=[N+](c3ccccc3)O[Si-]O2)c1. The van der Waals surface area contributed by atoms with Crippen LogP contribution in [0.3, 0.4) is 0 Å². The van der Waals surface area contributed by atoms with Crippen molar-refractivity contribution in [3.8, 4) is 5.75 Å². The first-order chi connectivity index (χ1) is 9.88. The summed E-state index contributed by atoms with van der Waals surface area (Å²) in [4.78, 5) is 0. The molecule has 1 heterocycles. The van der Waals surface area contributed by atoms with Crippen molar-refractivity contribution in [1.82, 2.24) is 0 Å². The molecule has 20 heavy (non-hydrogen) atoms. The predicted molar refractivity (Wildman–Crippen MR) is 76.0 cm³/mol. The fourth-order valence-electron chi connectivity index (χ4n) is 1.97. The van der Waals surface area contributed by atoms with Crippen LogP contribution < -0.4 is 4.74 Å². The molecule has 2 aromatic carbocycles. The zero-order valence-electron chi connectivity index (χ0n) is 11.1. The van der Waals surface area contributed by atoms with Crippen LogP contribution in [0.25, 0.3) is 0 Å². The van der Waals surface area contributed by atoms with E-state index in [-0.39, 0.29) is 10.0 Å². The quantitative estimate of drug-likeness (QED) is 0.639. The molecule has 0 aliphatic carbocycles. The van der Waals surface area contributed by atoms with Crippen LogP contribution in [0.5, 0.6) is 5.75 Å². The van der Waals surface area contributed by atoms with E-state index in [1.54, 1.807) is 4.74 Å². The topological polar surface area (TPSA) is 30.7 Å². The van der Waals surface area contributed by atoms with E-state index in [1.165, 1.54) is 0 Å². The van der Waals surface area contributed by atoms with Crippen molar-refractivity contribution in [1.29, 1.82) is 0 Å². The average Bonchev–Trinajstić information content (AvgIpc) is 2.98. The molecule has 0 saturated carbocycles. The Labute approximate surface area is 120 Å². The molecule has 0 aromatic heterocycles. The minimum atomic E-state index is -0.0339. The van der Waals surface area contributed by atoms with Crippen LogP contribution in [0.4, 0.5) is 5.69 Å². The van der Waals surface area contributed by atoms with E-state index in [4.69, 9.17) is 13.7 Å². The number of rotatable bonds is 4. The molecular weight excluding hydrogens is 270 g/mol. The highest BCUT2D eigenvalue weighted by atomic mass is 28.3. The molecule has 4 nitrogen and oxygen atoms in total. The van der Waals surface area contributed by atoms with Crippen LogP contribution in [-0.4, -0.2) is 27.3 Å². The summed E-state index contributed by atoms with van der Waals surface area (Å²) in [6.45, 7) is 2.60. The number of benzene rings is 2.